The van der Waals surface area contributed by atoms with Crippen LogP contribution in [0.1, 0.15) is 27.8 Å². The molecule has 6 nitrogen and oxygen atoms in total. The van der Waals surface area contributed by atoms with E-state index in [4.69, 9.17) is 9.84 Å². The molecule has 1 atom stereocenters. The van der Waals surface area contributed by atoms with Crippen LogP contribution in [0.4, 0.5) is 8.78 Å². The summed E-state index contributed by atoms with van der Waals surface area (Å²) < 4.78 is 30.9. The maximum absolute atomic E-state index is 12.9. The third-order valence-corrected chi connectivity index (χ3v) is 3.28. The Bertz CT molecular complexity index is 550. The zero-order chi connectivity index (χ0) is 15.6. The van der Waals surface area contributed by atoms with Crippen molar-refractivity contribution in [2.45, 2.75) is 19.0 Å². The minimum atomic E-state index is -2.71. The number of aromatic carboxylic acids is 1. The van der Waals surface area contributed by atoms with Crippen molar-refractivity contribution in [1.29, 1.82) is 0 Å². The highest BCUT2D eigenvalue weighted by atomic mass is 19.3. The molecule has 0 saturated carbocycles. The number of alkyl halides is 2. The summed E-state index contributed by atoms with van der Waals surface area (Å²) in [6.07, 6.45) is -1.58. The van der Waals surface area contributed by atoms with Crippen molar-refractivity contribution >= 4 is 11.9 Å². The Hall–Kier alpha value is -2.09. The van der Waals surface area contributed by atoms with Crippen molar-refractivity contribution in [3.8, 4) is 0 Å². The van der Waals surface area contributed by atoms with E-state index in [2.05, 4.69) is 4.98 Å². The van der Waals surface area contributed by atoms with E-state index in [0.717, 1.165) is 6.20 Å². The molecule has 1 aromatic rings. The molecule has 0 spiro atoms. The number of pyridine rings is 1. The van der Waals surface area contributed by atoms with E-state index >= 15 is 0 Å². The predicted molar refractivity (Wildman–Crippen MR) is 67.5 cm³/mol. The minimum Gasteiger partial charge on any atom is -0.477 e. The number of nitrogens with zero attached hydrogens (tertiary/aromatic N) is 2. The summed E-state index contributed by atoms with van der Waals surface area (Å²) in [5.74, 6) is -1.68. The van der Waals surface area contributed by atoms with Gasteiger partial charge in [0.05, 0.1) is 18.7 Å². The van der Waals surface area contributed by atoms with E-state index in [1.807, 2.05) is 0 Å². The molecule has 21 heavy (non-hydrogen) atoms. The summed E-state index contributed by atoms with van der Waals surface area (Å²) in [5, 5.41) is 8.74. The number of carbonyl (C=O) groups excluding carboxylic acids is 1. The number of amides is 1. The number of carbonyl (C=O) groups is 2. The number of aromatic nitrogens is 1. The van der Waals surface area contributed by atoms with Crippen LogP contribution in [-0.4, -0.2) is 58.6 Å². The lowest BCUT2D eigenvalue weighted by atomic mass is 10.0. The third kappa shape index (κ3) is 3.15. The molecule has 1 unspecified atom stereocenters. The van der Waals surface area contributed by atoms with Gasteiger partial charge in [0, 0.05) is 12.7 Å². The molecule has 1 N–H and O–H groups in total. The van der Waals surface area contributed by atoms with Crippen molar-refractivity contribution in [3.63, 3.8) is 0 Å². The van der Waals surface area contributed by atoms with Gasteiger partial charge in [-0.15, -0.1) is 0 Å². The van der Waals surface area contributed by atoms with Crippen LogP contribution >= 0.6 is 0 Å². The molecule has 8 heteroatoms. The van der Waals surface area contributed by atoms with Crippen LogP contribution in [0, 0.1) is 0 Å². The normalized spacial score (nSPS) is 22.4. The molecule has 1 saturated heterocycles. The Morgan fingerprint density at radius 3 is 2.71 bits per heavy atom. The summed E-state index contributed by atoms with van der Waals surface area (Å²) in [4.78, 5) is 27.8. The van der Waals surface area contributed by atoms with Crippen LogP contribution in [0.25, 0.3) is 0 Å². The average molecular weight is 300 g/mol. The highest BCUT2D eigenvalue weighted by molar-refractivity contribution is 5.95. The second-order valence-corrected chi connectivity index (χ2v) is 4.93. The van der Waals surface area contributed by atoms with Crippen LogP contribution in [0.5, 0.6) is 0 Å². The molecule has 1 aliphatic rings. The second-order valence-electron chi connectivity index (χ2n) is 4.93. The first-order valence-electron chi connectivity index (χ1n) is 6.24. The van der Waals surface area contributed by atoms with Gasteiger partial charge in [0.1, 0.15) is 11.3 Å². The fourth-order valence-electron chi connectivity index (χ4n) is 2.03. The van der Waals surface area contributed by atoms with Gasteiger partial charge in [0.2, 0.25) is 0 Å². The fraction of sp³-hybridized carbons (Fsp3) is 0.462. The van der Waals surface area contributed by atoms with Gasteiger partial charge in [-0.05, 0) is 19.1 Å². The first-order chi connectivity index (χ1) is 9.83. The Morgan fingerprint density at radius 1 is 1.48 bits per heavy atom. The van der Waals surface area contributed by atoms with Gasteiger partial charge in [-0.25, -0.2) is 18.6 Å². The maximum atomic E-state index is 12.9. The van der Waals surface area contributed by atoms with Crippen molar-refractivity contribution in [2.24, 2.45) is 0 Å². The molecule has 1 amide bonds. The van der Waals surface area contributed by atoms with Gasteiger partial charge >= 0.3 is 5.97 Å². The standard InChI is InChI=1S/C13H14F2N2O4/c1-13(12(14)15)7-17(4-5-21-13)10(18)8-2-3-9(11(19)20)16-6-8/h2-3,6,12H,4-5,7H2,1H3,(H,19,20). The molecule has 1 fully saturated rings. The number of morpholine rings is 1. The molecular weight excluding hydrogens is 286 g/mol. The molecule has 114 valence electrons. The Morgan fingerprint density at radius 2 is 2.19 bits per heavy atom. The molecule has 0 bridgehead atoms. The second kappa shape index (κ2) is 5.72. The molecule has 2 rings (SSSR count). The SMILES string of the molecule is CC1(C(F)F)CN(C(=O)c2ccc(C(=O)O)nc2)CCO1. The van der Waals surface area contributed by atoms with Gasteiger partial charge in [-0.2, -0.15) is 0 Å². The van der Waals surface area contributed by atoms with Crippen molar-refractivity contribution in [2.75, 3.05) is 19.7 Å². The summed E-state index contributed by atoms with van der Waals surface area (Å²) in [7, 11) is 0. The van der Waals surface area contributed by atoms with Gasteiger partial charge in [0.15, 0.2) is 0 Å². The fourth-order valence-corrected chi connectivity index (χ4v) is 2.03. The van der Waals surface area contributed by atoms with E-state index in [-0.39, 0.29) is 31.0 Å². The molecule has 1 aliphatic heterocycles. The lowest BCUT2D eigenvalue weighted by molar-refractivity contribution is -0.162. The molecule has 0 aromatic carbocycles. The molecule has 1 aromatic heterocycles. The smallest absolute Gasteiger partial charge is 0.354 e. The Kier molecular flexibility index (Phi) is 4.17. The first-order valence-corrected chi connectivity index (χ1v) is 6.24. The molecular formula is C13H14F2N2O4. The van der Waals surface area contributed by atoms with E-state index < -0.39 is 23.9 Å². The zero-order valence-corrected chi connectivity index (χ0v) is 11.3. The van der Waals surface area contributed by atoms with E-state index in [0.29, 0.717) is 0 Å². The van der Waals surface area contributed by atoms with E-state index in [1.165, 1.54) is 24.0 Å². The van der Waals surface area contributed by atoms with Crippen LogP contribution in [-0.2, 0) is 4.74 Å². The summed E-state index contributed by atoms with van der Waals surface area (Å²) in [6.45, 7) is 1.24. The number of ether oxygens (including phenoxy) is 1. The monoisotopic (exact) mass is 300 g/mol. The van der Waals surface area contributed by atoms with Crippen molar-refractivity contribution < 1.29 is 28.2 Å². The first kappa shape index (κ1) is 15.3. The lowest BCUT2D eigenvalue weighted by Gasteiger charge is -2.39. The number of hydrogen-bond acceptors (Lipinski definition) is 4. The zero-order valence-electron chi connectivity index (χ0n) is 11.3. The van der Waals surface area contributed by atoms with Crippen molar-refractivity contribution in [1.82, 2.24) is 9.88 Å². The topological polar surface area (TPSA) is 79.7 Å². The van der Waals surface area contributed by atoms with Crippen LogP contribution < -0.4 is 0 Å². The van der Waals surface area contributed by atoms with Gasteiger partial charge in [0.25, 0.3) is 12.3 Å². The minimum absolute atomic E-state index is 0.0210. The quantitative estimate of drug-likeness (QED) is 0.909. The number of hydrogen-bond donors (Lipinski definition) is 1. The number of carboxylic acid groups (broad SMARTS) is 1. The van der Waals surface area contributed by atoms with Crippen molar-refractivity contribution in [3.05, 3.63) is 29.6 Å². The maximum Gasteiger partial charge on any atom is 0.354 e. The number of rotatable bonds is 3. The van der Waals surface area contributed by atoms with Crippen LogP contribution in [0.3, 0.4) is 0 Å². The molecule has 0 radical (unpaired) electrons. The highest BCUT2D eigenvalue weighted by Gasteiger charge is 2.42. The van der Waals surface area contributed by atoms with Gasteiger partial charge in [-0.1, -0.05) is 0 Å². The predicted octanol–water partition coefficient (Wildman–Crippen LogP) is 1.28. The van der Waals surface area contributed by atoms with E-state index in [1.54, 1.807) is 0 Å². The Balaban J connectivity index is 2.14. The largest absolute Gasteiger partial charge is 0.477 e. The summed E-state index contributed by atoms with van der Waals surface area (Å²) >= 11 is 0. The summed E-state index contributed by atoms with van der Waals surface area (Å²) in [6, 6.07) is 2.51. The van der Waals surface area contributed by atoms with Crippen LogP contribution in [0.15, 0.2) is 18.3 Å². The number of halogens is 2. The number of carboxylic acids is 1. The lowest BCUT2D eigenvalue weighted by Crippen LogP contribution is -2.55. The van der Waals surface area contributed by atoms with E-state index in [9.17, 15) is 18.4 Å². The Labute approximate surface area is 119 Å². The molecule has 2 heterocycles. The average Bonchev–Trinajstić information content (AvgIpc) is 2.46. The van der Waals surface area contributed by atoms with Gasteiger partial charge < -0.3 is 14.7 Å². The van der Waals surface area contributed by atoms with Crippen LogP contribution in [0.2, 0.25) is 0 Å². The summed E-state index contributed by atoms with van der Waals surface area (Å²) in [5.41, 5.74) is -1.73. The van der Waals surface area contributed by atoms with Gasteiger partial charge in [-0.3, -0.25) is 4.79 Å². The molecule has 0 aliphatic carbocycles. The third-order valence-electron chi connectivity index (χ3n) is 3.28. The highest BCUT2D eigenvalue weighted by Crippen LogP contribution is 2.25.